The molecule has 1 aliphatic carbocycles. The van der Waals surface area contributed by atoms with Crippen LogP contribution in [-0.4, -0.2) is 35.4 Å². The van der Waals surface area contributed by atoms with Gasteiger partial charge in [0.05, 0.1) is 0 Å². The van der Waals surface area contributed by atoms with E-state index in [2.05, 4.69) is 34.9 Å². The second kappa shape index (κ2) is 11.6. The van der Waals surface area contributed by atoms with Crippen LogP contribution < -0.4 is 10.6 Å². The van der Waals surface area contributed by atoms with Crippen molar-refractivity contribution in [1.29, 1.82) is 0 Å². The van der Waals surface area contributed by atoms with Crippen molar-refractivity contribution in [2.45, 2.75) is 57.8 Å². The van der Waals surface area contributed by atoms with Gasteiger partial charge in [-0.2, -0.15) is 0 Å². The maximum atomic E-state index is 12.3. The maximum absolute atomic E-state index is 12.3. The van der Waals surface area contributed by atoms with Gasteiger partial charge in [-0.3, -0.25) is 4.79 Å². The number of rotatable bonds is 5. The summed E-state index contributed by atoms with van der Waals surface area (Å²) in [7, 11) is 0. The van der Waals surface area contributed by atoms with Crippen LogP contribution in [0.4, 0.5) is 10.5 Å². The molecule has 27 heavy (non-hydrogen) atoms. The molecule has 3 rings (SSSR count). The highest BCUT2D eigenvalue weighted by molar-refractivity contribution is 5.92. The minimum atomic E-state index is -1.83. The highest BCUT2D eigenvalue weighted by Gasteiger charge is 2.21. The lowest BCUT2D eigenvalue weighted by molar-refractivity contribution is -0.120. The predicted molar refractivity (Wildman–Crippen MR) is 106 cm³/mol. The molecule has 2 fully saturated rings. The minimum absolute atomic E-state index is 0.215. The molecule has 6 heteroatoms. The Labute approximate surface area is 161 Å². The van der Waals surface area contributed by atoms with Gasteiger partial charge in [0.25, 0.3) is 0 Å². The summed E-state index contributed by atoms with van der Waals surface area (Å²) in [6.07, 6.45) is 9.04. The van der Waals surface area contributed by atoms with Crippen LogP contribution in [0.15, 0.2) is 24.3 Å². The number of carbonyl (C=O) groups excluding carboxylic acids is 1. The van der Waals surface area contributed by atoms with Crippen molar-refractivity contribution in [2.24, 2.45) is 11.8 Å². The van der Waals surface area contributed by atoms with E-state index < -0.39 is 6.16 Å². The molecule has 1 amide bonds. The lowest BCUT2D eigenvalue weighted by Crippen LogP contribution is -2.27. The van der Waals surface area contributed by atoms with Crippen LogP contribution in [0.2, 0.25) is 0 Å². The third-order valence-corrected chi connectivity index (χ3v) is 5.50. The van der Waals surface area contributed by atoms with Gasteiger partial charge < -0.3 is 20.8 Å². The second-order valence-electron chi connectivity index (χ2n) is 7.54. The largest absolute Gasteiger partial charge is 0.503 e. The van der Waals surface area contributed by atoms with Crippen LogP contribution in [0, 0.1) is 11.8 Å². The van der Waals surface area contributed by atoms with E-state index in [1.165, 1.54) is 57.2 Å². The van der Waals surface area contributed by atoms with Crippen LogP contribution in [0.5, 0.6) is 0 Å². The molecule has 1 saturated carbocycles. The Bertz CT molecular complexity index is 572. The number of piperidine rings is 1. The van der Waals surface area contributed by atoms with E-state index in [9.17, 15) is 4.79 Å². The summed E-state index contributed by atoms with van der Waals surface area (Å²) in [5, 5.41) is 20.5. The SMILES string of the molecule is O=C(Nc1ccc(CCC2CCNCC2)cc1)C1CCCCC1.O=C(O)O. The van der Waals surface area contributed by atoms with Crippen LogP contribution >= 0.6 is 0 Å². The molecule has 1 saturated heterocycles. The normalized spacial score (nSPS) is 18.2. The van der Waals surface area contributed by atoms with E-state index in [1.807, 2.05) is 0 Å². The zero-order chi connectivity index (χ0) is 19.5. The van der Waals surface area contributed by atoms with Crippen LogP contribution in [-0.2, 0) is 11.2 Å². The molecule has 0 radical (unpaired) electrons. The van der Waals surface area contributed by atoms with Gasteiger partial charge in [0.15, 0.2) is 0 Å². The Hall–Kier alpha value is -2.08. The molecular formula is C21H32N2O4. The first-order valence-electron chi connectivity index (χ1n) is 10.1. The Morgan fingerprint density at radius 3 is 2.15 bits per heavy atom. The van der Waals surface area contributed by atoms with Gasteiger partial charge in [-0.1, -0.05) is 31.4 Å². The number of hydrogen-bond acceptors (Lipinski definition) is 3. The fourth-order valence-electron chi connectivity index (χ4n) is 3.91. The lowest BCUT2D eigenvalue weighted by atomic mass is 9.88. The number of aryl methyl sites for hydroxylation is 1. The van der Waals surface area contributed by atoms with Crippen molar-refractivity contribution in [3.8, 4) is 0 Å². The van der Waals surface area contributed by atoms with Gasteiger partial charge in [-0.15, -0.1) is 0 Å². The molecule has 1 aromatic rings. The predicted octanol–water partition coefficient (Wildman–Crippen LogP) is 4.36. The summed E-state index contributed by atoms with van der Waals surface area (Å²) in [6.45, 7) is 2.35. The van der Waals surface area contributed by atoms with Crippen molar-refractivity contribution in [1.82, 2.24) is 5.32 Å². The van der Waals surface area contributed by atoms with Crippen LogP contribution in [0.25, 0.3) is 0 Å². The van der Waals surface area contributed by atoms with Gasteiger partial charge in [0.2, 0.25) is 5.91 Å². The van der Waals surface area contributed by atoms with E-state index in [0.717, 1.165) is 30.9 Å². The molecular weight excluding hydrogens is 344 g/mol. The van der Waals surface area contributed by atoms with Crippen molar-refractivity contribution >= 4 is 17.7 Å². The maximum Gasteiger partial charge on any atom is 0.503 e. The summed E-state index contributed by atoms with van der Waals surface area (Å²) in [5.41, 5.74) is 2.34. The molecule has 4 N–H and O–H groups in total. The molecule has 150 valence electrons. The second-order valence-corrected chi connectivity index (χ2v) is 7.54. The van der Waals surface area contributed by atoms with Crippen molar-refractivity contribution in [3.63, 3.8) is 0 Å². The van der Waals surface area contributed by atoms with E-state index in [-0.39, 0.29) is 11.8 Å². The Kier molecular flexibility index (Phi) is 9.11. The standard InChI is InChI=1S/C20H30N2O.CH2O3/c23-20(18-4-2-1-3-5-18)22-19-10-8-16(9-11-19)6-7-17-12-14-21-15-13-17;2-1(3)4/h8-11,17-18,21H,1-7,12-15H2,(H,22,23);(H2,2,3,4). The first-order chi connectivity index (χ1) is 13.0. The molecule has 0 atom stereocenters. The highest BCUT2D eigenvalue weighted by atomic mass is 16.6. The van der Waals surface area contributed by atoms with Gasteiger partial charge in [-0.25, -0.2) is 4.79 Å². The van der Waals surface area contributed by atoms with E-state index in [4.69, 9.17) is 15.0 Å². The first-order valence-corrected chi connectivity index (χ1v) is 10.1. The number of anilines is 1. The third-order valence-electron chi connectivity index (χ3n) is 5.50. The molecule has 1 aliphatic heterocycles. The molecule has 1 heterocycles. The first kappa shape index (κ1) is 21.2. The van der Waals surface area contributed by atoms with E-state index in [1.54, 1.807) is 0 Å². The quantitative estimate of drug-likeness (QED) is 0.612. The molecule has 0 aromatic heterocycles. The van der Waals surface area contributed by atoms with Crippen molar-refractivity contribution in [2.75, 3.05) is 18.4 Å². The van der Waals surface area contributed by atoms with E-state index in [0.29, 0.717) is 0 Å². The fourth-order valence-corrected chi connectivity index (χ4v) is 3.91. The number of carboxylic acid groups (broad SMARTS) is 2. The smallest absolute Gasteiger partial charge is 0.450 e. The Morgan fingerprint density at radius 1 is 0.963 bits per heavy atom. The molecule has 1 aromatic carbocycles. The molecule has 2 aliphatic rings. The monoisotopic (exact) mass is 376 g/mol. The molecule has 0 bridgehead atoms. The van der Waals surface area contributed by atoms with Crippen molar-refractivity contribution < 1.29 is 19.8 Å². The Balaban J connectivity index is 0.000000596. The van der Waals surface area contributed by atoms with E-state index >= 15 is 0 Å². The van der Waals surface area contributed by atoms with Gasteiger partial charge >= 0.3 is 6.16 Å². The number of carbonyl (C=O) groups is 2. The van der Waals surface area contributed by atoms with Gasteiger partial charge in [0.1, 0.15) is 0 Å². The number of nitrogens with one attached hydrogen (secondary N) is 2. The van der Waals surface area contributed by atoms with Crippen molar-refractivity contribution in [3.05, 3.63) is 29.8 Å². The summed E-state index contributed by atoms with van der Waals surface area (Å²) >= 11 is 0. The highest BCUT2D eigenvalue weighted by Crippen LogP contribution is 2.25. The summed E-state index contributed by atoms with van der Waals surface area (Å²) in [5.74, 6) is 1.32. The number of hydrogen-bond donors (Lipinski definition) is 4. The van der Waals surface area contributed by atoms with Gasteiger partial charge in [0, 0.05) is 11.6 Å². The zero-order valence-corrected chi connectivity index (χ0v) is 16.0. The molecule has 0 unspecified atom stereocenters. The lowest BCUT2D eigenvalue weighted by Gasteiger charge is -2.22. The summed E-state index contributed by atoms with van der Waals surface area (Å²) in [6, 6.07) is 8.49. The molecule has 0 spiro atoms. The van der Waals surface area contributed by atoms with Crippen LogP contribution in [0.1, 0.15) is 56.9 Å². The third kappa shape index (κ3) is 8.43. The minimum Gasteiger partial charge on any atom is -0.450 e. The van der Waals surface area contributed by atoms with Crippen LogP contribution in [0.3, 0.4) is 0 Å². The molecule has 6 nitrogen and oxygen atoms in total. The topological polar surface area (TPSA) is 98.7 Å². The average Bonchev–Trinajstić information content (AvgIpc) is 2.68. The zero-order valence-electron chi connectivity index (χ0n) is 16.0. The fraction of sp³-hybridized carbons (Fsp3) is 0.619. The summed E-state index contributed by atoms with van der Waals surface area (Å²) in [4.78, 5) is 20.8. The van der Waals surface area contributed by atoms with Gasteiger partial charge in [-0.05, 0) is 75.2 Å². The number of amides is 1. The summed E-state index contributed by atoms with van der Waals surface area (Å²) < 4.78 is 0. The average molecular weight is 376 g/mol. The Morgan fingerprint density at radius 2 is 1.56 bits per heavy atom. The number of benzene rings is 1.